The largest absolute Gasteiger partial charge is 0.341 e. The van der Waals surface area contributed by atoms with E-state index in [-0.39, 0.29) is 0 Å². The van der Waals surface area contributed by atoms with Crippen LogP contribution in [0.25, 0.3) is 11.0 Å². The van der Waals surface area contributed by atoms with Gasteiger partial charge in [0.15, 0.2) is 0 Å². The quantitative estimate of drug-likeness (QED) is 0.798. The lowest BCUT2D eigenvalue weighted by Gasteiger charge is -2.04. The summed E-state index contributed by atoms with van der Waals surface area (Å²) in [7, 11) is 0. The van der Waals surface area contributed by atoms with Crippen molar-refractivity contribution < 1.29 is 0 Å². The van der Waals surface area contributed by atoms with Crippen LogP contribution in [0.4, 0.5) is 0 Å². The standard InChI is InChI=1S/C12H14ClN3/c1-7-5-8(13)6-10-11(7)16-12(15-10)9-3-2-4-14-9/h5-6,9,14H,2-4H2,1H3,(H,15,16). The third-order valence-corrected chi connectivity index (χ3v) is 3.37. The van der Waals surface area contributed by atoms with Gasteiger partial charge in [-0.3, -0.25) is 0 Å². The van der Waals surface area contributed by atoms with Crippen LogP contribution in [0.2, 0.25) is 5.02 Å². The van der Waals surface area contributed by atoms with Crippen LogP contribution in [-0.2, 0) is 0 Å². The van der Waals surface area contributed by atoms with Gasteiger partial charge in [-0.2, -0.15) is 0 Å². The lowest BCUT2D eigenvalue weighted by molar-refractivity contribution is 0.614. The number of benzene rings is 1. The molecular formula is C12H14ClN3. The lowest BCUT2D eigenvalue weighted by Crippen LogP contribution is -2.14. The summed E-state index contributed by atoms with van der Waals surface area (Å²) in [5, 5.41) is 4.20. The highest BCUT2D eigenvalue weighted by atomic mass is 35.5. The van der Waals surface area contributed by atoms with Crippen LogP contribution in [0, 0.1) is 6.92 Å². The van der Waals surface area contributed by atoms with E-state index in [9.17, 15) is 0 Å². The minimum Gasteiger partial charge on any atom is -0.341 e. The van der Waals surface area contributed by atoms with E-state index in [1.807, 2.05) is 19.1 Å². The second-order valence-electron chi connectivity index (χ2n) is 4.39. The number of hydrogen-bond acceptors (Lipinski definition) is 2. The van der Waals surface area contributed by atoms with Crippen molar-refractivity contribution in [2.45, 2.75) is 25.8 Å². The van der Waals surface area contributed by atoms with Gasteiger partial charge < -0.3 is 10.3 Å². The van der Waals surface area contributed by atoms with Crippen LogP contribution in [-0.4, -0.2) is 16.5 Å². The first-order valence-corrected chi connectivity index (χ1v) is 6.01. The summed E-state index contributed by atoms with van der Waals surface area (Å²) in [5.41, 5.74) is 3.20. The molecule has 3 rings (SSSR count). The fourth-order valence-electron chi connectivity index (χ4n) is 2.35. The Bertz CT molecular complexity index is 526. The molecule has 1 unspecified atom stereocenters. The van der Waals surface area contributed by atoms with E-state index >= 15 is 0 Å². The minimum atomic E-state index is 0.380. The van der Waals surface area contributed by atoms with Gasteiger partial charge >= 0.3 is 0 Å². The van der Waals surface area contributed by atoms with E-state index in [1.54, 1.807) is 0 Å². The number of rotatable bonds is 1. The highest BCUT2D eigenvalue weighted by Crippen LogP contribution is 2.26. The Hall–Kier alpha value is -1.06. The number of imidazole rings is 1. The van der Waals surface area contributed by atoms with Crippen molar-refractivity contribution in [3.05, 3.63) is 28.5 Å². The van der Waals surface area contributed by atoms with E-state index in [1.165, 1.54) is 6.42 Å². The third-order valence-electron chi connectivity index (χ3n) is 3.15. The van der Waals surface area contributed by atoms with Crippen LogP contribution >= 0.6 is 11.6 Å². The molecule has 1 atom stereocenters. The first-order valence-electron chi connectivity index (χ1n) is 5.63. The zero-order valence-corrected chi connectivity index (χ0v) is 9.93. The van der Waals surface area contributed by atoms with Crippen LogP contribution in [0.3, 0.4) is 0 Å². The van der Waals surface area contributed by atoms with Crippen LogP contribution in [0.15, 0.2) is 12.1 Å². The first kappa shape index (κ1) is 10.1. The van der Waals surface area contributed by atoms with E-state index in [0.717, 1.165) is 40.4 Å². The lowest BCUT2D eigenvalue weighted by atomic mass is 10.2. The van der Waals surface area contributed by atoms with Gasteiger partial charge in [0.05, 0.1) is 17.1 Å². The Balaban J connectivity index is 2.11. The summed E-state index contributed by atoms with van der Waals surface area (Å²) in [4.78, 5) is 8.02. The number of aromatic amines is 1. The molecule has 2 heterocycles. The molecule has 1 saturated heterocycles. The Morgan fingerprint density at radius 1 is 1.44 bits per heavy atom. The number of fused-ring (bicyclic) bond motifs is 1. The van der Waals surface area contributed by atoms with Gasteiger partial charge in [0, 0.05) is 5.02 Å². The van der Waals surface area contributed by atoms with Crippen molar-refractivity contribution in [1.29, 1.82) is 0 Å². The van der Waals surface area contributed by atoms with Crippen LogP contribution < -0.4 is 5.32 Å². The first-order chi connectivity index (χ1) is 7.74. The molecule has 16 heavy (non-hydrogen) atoms. The molecule has 0 amide bonds. The highest BCUT2D eigenvalue weighted by molar-refractivity contribution is 6.31. The fourth-order valence-corrected chi connectivity index (χ4v) is 2.62. The maximum Gasteiger partial charge on any atom is 0.124 e. The average Bonchev–Trinajstić information content (AvgIpc) is 2.82. The number of nitrogens with zero attached hydrogens (tertiary/aromatic N) is 1. The van der Waals surface area contributed by atoms with Gasteiger partial charge in [0.1, 0.15) is 5.82 Å². The zero-order chi connectivity index (χ0) is 11.1. The Kier molecular flexibility index (Phi) is 2.37. The molecule has 4 heteroatoms. The average molecular weight is 236 g/mol. The molecule has 1 fully saturated rings. The number of nitrogens with one attached hydrogen (secondary N) is 2. The summed E-state index contributed by atoms with van der Waals surface area (Å²) < 4.78 is 0. The predicted octanol–water partition coefficient (Wildman–Crippen LogP) is 2.95. The number of H-pyrrole nitrogens is 1. The minimum absolute atomic E-state index is 0.380. The van der Waals surface area contributed by atoms with Crippen LogP contribution in [0.5, 0.6) is 0 Å². The van der Waals surface area contributed by atoms with E-state index in [2.05, 4.69) is 15.3 Å². The summed E-state index contributed by atoms with van der Waals surface area (Å²) in [5.74, 6) is 1.04. The molecule has 84 valence electrons. The van der Waals surface area contributed by atoms with E-state index < -0.39 is 0 Å². The normalized spacial score (nSPS) is 20.8. The fraction of sp³-hybridized carbons (Fsp3) is 0.417. The molecule has 0 saturated carbocycles. The van der Waals surface area contributed by atoms with Crippen LogP contribution in [0.1, 0.15) is 30.3 Å². The number of aromatic nitrogens is 2. The summed E-state index contributed by atoms with van der Waals surface area (Å²) >= 11 is 6.03. The second-order valence-corrected chi connectivity index (χ2v) is 4.83. The van der Waals surface area contributed by atoms with Crippen molar-refractivity contribution in [3.8, 4) is 0 Å². The highest BCUT2D eigenvalue weighted by Gasteiger charge is 2.19. The van der Waals surface area contributed by atoms with Crippen molar-refractivity contribution in [3.63, 3.8) is 0 Å². The second kappa shape index (κ2) is 3.75. The molecule has 2 N–H and O–H groups in total. The van der Waals surface area contributed by atoms with Crippen molar-refractivity contribution in [1.82, 2.24) is 15.3 Å². The zero-order valence-electron chi connectivity index (χ0n) is 9.18. The molecular weight excluding hydrogens is 222 g/mol. The third kappa shape index (κ3) is 1.60. The van der Waals surface area contributed by atoms with E-state index in [0.29, 0.717) is 6.04 Å². The summed E-state index contributed by atoms with van der Waals surface area (Å²) in [6, 6.07) is 4.27. The predicted molar refractivity (Wildman–Crippen MR) is 65.8 cm³/mol. The molecule has 2 aromatic rings. The topological polar surface area (TPSA) is 40.7 Å². The van der Waals surface area contributed by atoms with Crippen molar-refractivity contribution in [2.24, 2.45) is 0 Å². The maximum absolute atomic E-state index is 6.03. The smallest absolute Gasteiger partial charge is 0.124 e. The summed E-state index contributed by atoms with van der Waals surface area (Å²) in [6.45, 7) is 3.13. The Morgan fingerprint density at radius 3 is 3.06 bits per heavy atom. The molecule has 0 bridgehead atoms. The monoisotopic (exact) mass is 235 g/mol. The number of hydrogen-bond donors (Lipinski definition) is 2. The van der Waals surface area contributed by atoms with Crippen molar-refractivity contribution in [2.75, 3.05) is 6.54 Å². The number of aryl methyl sites for hydroxylation is 1. The van der Waals surface area contributed by atoms with Crippen molar-refractivity contribution >= 4 is 22.6 Å². The van der Waals surface area contributed by atoms with Gasteiger partial charge in [-0.15, -0.1) is 0 Å². The molecule has 1 aliphatic rings. The summed E-state index contributed by atoms with van der Waals surface area (Å²) in [6.07, 6.45) is 2.38. The molecule has 0 spiro atoms. The maximum atomic E-state index is 6.03. The molecule has 3 nitrogen and oxygen atoms in total. The van der Waals surface area contributed by atoms with Gasteiger partial charge in [0.25, 0.3) is 0 Å². The molecule has 1 aliphatic heterocycles. The van der Waals surface area contributed by atoms with Gasteiger partial charge in [-0.1, -0.05) is 11.6 Å². The van der Waals surface area contributed by atoms with Gasteiger partial charge in [0.2, 0.25) is 0 Å². The Labute approximate surface area is 99.2 Å². The molecule has 1 aromatic heterocycles. The molecule has 0 aliphatic carbocycles. The SMILES string of the molecule is Cc1cc(Cl)cc2[nH]c(C3CCCN3)nc12. The molecule has 1 aromatic carbocycles. The van der Waals surface area contributed by atoms with Gasteiger partial charge in [-0.25, -0.2) is 4.98 Å². The van der Waals surface area contributed by atoms with E-state index in [4.69, 9.17) is 11.6 Å². The Morgan fingerprint density at radius 2 is 2.31 bits per heavy atom. The van der Waals surface area contributed by atoms with Gasteiger partial charge in [-0.05, 0) is 44.0 Å². The molecule has 0 radical (unpaired) electrons. The number of halogens is 1.